The van der Waals surface area contributed by atoms with Crippen LogP contribution in [-0.4, -0.2) is 55.9 Å². The Bertz CT molecular complexity index is 682. The molecule has 0 bridgehead atoms. The molecule has 1 fully saturated rings. The van der Waals surface area contributed by atoms with Crippen molar-refractivity contribution in [1.82, 2.24) is 20.9 Å². The molecule has 1 aliphatic rings. The first-order valence-corrected chi connectivity index (χ1v) is 10.9. The number of ether oxygens (including phenoxy) is 1. The van der Waals surface area contributed by atoms with E-state index in [0.717, 1.165) is 42.8 Å². The normalized spacial score (nSPS) is 15.1. The highest BCUT2D eigenvalue weighted by Crippen LogP contribution is 2.21. The van der Waals surface area contributed by atoms with E-state index in [4.69, 9.17) is 4.74 Å². The zero-order valence-electron chi connectivity index (χ0n) is 19.5. The Morgan fingerprint density at radius 3 is 2.45 bits per heavy atom. The number of alkyl carbamates (subject to hydrolysis) is 1. The molecule has 0 saturated carbocycles. The largest absolute Gasteiger partial charge is 0.444 e. The summed E-state index contributed by atoms with van der Waals surface area (Å²) >= 11 is 0. The molecule has 1 aliphatic heterocycles. The van der Waals surface area contributed by atoms with E-state index in [-0.39, 0.29) is 30.1 Å². The Hall–Kier alpha value is -1.78. The molecule has 0 radical (unpaired) electrons. The zero-order chi connectivity index (χ0) is 22.0. The Morgan fingerprint density at radius 2 is 1.87 bits per heavy atom. The summed E-state index contributed by atoms with van der Waals surface area (Å²) in [7, 11) is 1.74. The highest BCUT2D eigenvalue weighted by molar-refractivity contribution is 14.0. The Labute approximate surface area is 204 Å². The number of hydrogen-bond acceptors (Lipinski definition) is 5. The van der Waals surface area contributed by atoms with Crippen molar-refractivity contribution < 1.29 is 9.53 Å². The number of guanidine groups is 1. The lowest BCUT2D eigenvalue weighted by atomic mass is 9.99. The maximum Gasteiger partial charge on any atom is 0.407 e. The topological polar surface area (TPSA) is 90.9 Å². The van der Waals surface area contributed by atoms with Gasteiger partial charge in [0.1, 0.15) is 11.4 Å². The van der Waals surface area contributed by atoms with Crippen LogP contribution >= 0.6 is 24.0 Å². The lowest BCUT2D eigenvalue weighted by Crippen LogP contribution is -2.39. The van der Waals surface area contributed by atoms with Gasteiger partial charge in [-0.05, 0) is 57.6 Å². The van der Waals surface area contributed by atoms with Crippen LogP contribution in [0.25, 0.3) is 0 Å². The first kappa shape index (κ1) is 27.3. The van der Waals surface area contributed by atoms with Crippen LogP contribution < -0.4 is 20.9 Å². The summed E-state index contributed by atoms with van der Waals surface area (Å²) in [5, 5.41) is 9.29. The molecule has 0 unspecified atom stereocenters. The van der Waals surface area contributed by atoms with Crippen LogP contribution in [0.4, 0.5) is 10.6 Å². The number of anilines is 1. The minimum atomic E-state index is -0.478. The molecule has 3 N–H and O–H groups in total. The van der Waals surface area contributed by atoms with Crippen molar-refractivity contribution in [3.05, 3.63) is 23.9 Å². The maximum absolute atomic E-state index is 11.6. The number of nitrogens with zero attached hydrogens (tertiary/aromatic N) is 3. The van der Waals surface area contributed by atoms with Crippen molar-refractivity contribution in [2.24, 2.45) is 10.9 Å². The second-order valence-electron chi connectivity index (χ2n) is 8.83. The minimum Gasteiger partial charge on any atom is -0.444 e. The smallest absolute Gasteiger partial charge is 0.407 e. The van der Waals surface area contributed by atoms with Gasteiger partial charge in [0, 0.05) is 46.0 Å². The number of piperidine rings is 1. The van der Waals surface area contributed by atoms with Gasteiger partial charge in [-0.1, -0.05) is 13.0 Å². The molecule has 0 atom stereocenters. The summed E-state index contributed by atoms with van der Waals surface area (Å²) in [5.41, 5.74) is 0.631. The van der Waals surface area contributed by atoms with E-state index < -0.39 is 5.60 Å². The summed E-state index contributed by atoms with van der Waals surface area (Å²) in [6, 6.07) is 4.22. The number of halogens is 1. The van der Waals surface area contributed by atoms with Crippen molar-refractivity contribution in [2.75, 3.05) is 38.1 Å². The monoisotopic (exact) mass is 546 g/mol. The molecular formula is C22H39IN6O2. The van der Waals surface area contributed by atoms with Crippen LogP contribution in [0, 0.1) is 5.92 Å². The van der Waals surface area contributed by atoms with Crippen LogP contribution in [0.3, 0.4) is 0 Å². The number of hydrogen-bond donors (Lipinski definition) is 3. The van der Waals surface area contributed by atoms with Gasteiger partial charge in [-0.25, -0.2) is 9.78 Å². The fourth-order valence-corrected chi connectivity index (χ4v) is 3.15. The number of pyridine rings is 1. The fraction of sp³-hybridized carbons (Fsp3) is 0.682. The first-order chi connectivity index (χ1) is 14.3. The van der Waals surface area contributed by atoms with Gasteiger partial charge in [0.05, 0.1) is 0 Å². The molecule has 1 aromatic heterocycles. The van der Waals surface area contributed by atoms with Crippen molar-refractivity contribution in [3.63, 3.8) is 0 Å². The molecule has 0 aliphatic carbocycles. The number of aromatic nitrogens is 1. The molecule has 0 aromatic carbocycles. The molecule has 2 heterocycles. The van der Waals surface area contributed by atoms with Crippen LogP contribution in [0.1, 0.15) is 52.5 Å². The van der Waals surface area contributed by atoms with Crippen molar-refractivity contribution in [1.29, 1.82) is 0 Å². The number of rotatable bonds is 7. The van der Waals surface area contributed by atoms with E-state index >= 15 is 0 Å². The van der Waals surface area contributed by atoms with E-state index in [2.05, 4.69) is 49.9 Å². The van der Waals surface area contributed by atoms with E-state index in [1.807, 2.05) is 27.0 Å². The van der Waals surface area contributed by atoms with Gasteiger partial charge in [0.25, 0.3) is 0 Å². The Balaban J connectivity index is 0.00000480. The standard InChI is InChI=1S/C22H38N6O2.HI/c1-17-9-13-28(14-10-17)19-8-7-18(15-26-19)16-27-20(23-5)24-11-6-12-25-21(29)30-22(2,3)4;/h7-8,15,17H,6,9-14,16H2,1-5H3,(H,25,29)(H2,23,24,27);1H. The van der Waals surface area contributed by atoms with Gasteiger partial charge < -0.3 is 25.6 Å². The van der Waals surface area contributed by atoms with Crippen LogP contribution in [-0.2, 0) is 11.3 Å². The fourth-order valence-electron chi connectivity index (χ4n) is 3.15. The van der Waals surface area contributed by atoms with Crippen molar-refractivity contribution >= 4 is 41.8 Å². The SMILES string of the molecule is CN=C(NCCCNC(=O)OC(C)(C)C)NCc1ccc(N2CCC(C)CC2)nc1.I. The molecule has 9 heteroatoms. The lowest BCUT2D eigenvalue weighted by molar-refractivity contribution is 0.0527. The summed E-state index contributed by atoms with van der Waals surface area (Å²) < 4.78 is 5.21. The van der Waals surface area contributed by atoms with E-state index in [1.54, 1.807) is 7.05 Å². The summed E-state index contributed by atoms with van der Waals surface area (Å²) in [6.45, 7) is 11.9. The van der Waals surface area contributed by atoms with Crippen molar-refractivity contribution in [3.8, 4) is 0 Å². The molecule has 2 rings (SSSR count). The van der Waals surface area contributed by atoms with Gasteiger partial charge in [0.2, 0.25) is 0 Å². The van der Waals surface area contributed by atoms with E-state index in [1.165, 1.54) is 12.8 Å². The van der Waals surface area contributed by atoms with E-state index in [9.17, 15) is 4.79 Å². The van der Waals surface area contributed by atoms with Gasteiger partial charge in [0.15, 0.2) is 5.96 Å². The number of carbonyl (C=O) groups is 1. The summed E-state index contributed by atoms with van der Waals surface area (Å²) in [5.74, 6) is 2.60. The van der Waals surface area contributed by atoms with Crippen LogP contribution in [0.5, 0.6) is 0 Å². The third kappa shape index (κ3) is 10.9. The average molecular weight is 546 g/mol. The molecule has 8 nitrogen and oxygen atoms in total. The highest BCUT2D eigenvalue weighted by atomic mass is 127. The number of carbonyl (C=O) groups excluding carboxylic acids is 1. The second-order valence-corrected chi connectivity index (χ2v) is 8.83. The van der Waals surface area contributed by atoms with Gasteiger partial charge in [-0.15, -0.1) is 24.0 Å². The third-order valence-electron chi connectivity index (χ3n) is 4.91. The molecule has 1 amide bonds. The molecule has 0 spiro atoms. The minimum absolute atomic E-state index is 0. The van der Waals surface area contributed by atoms with Gasteiger partial charge >= 0.3 is 6.09 Å². The van der Waals surface area contributed by atoms with Gasteiger partial charge in [-0.3, -0.25) is 4.99 Å². The quantitative estimate of drug-likeness (QED) is 0.210. The first-order valence-electron chi connectivity index (χ1n) is 10.9. The lowest BCUT2D eigenvalue weighted by Gasteiger charge is -2.31. The summed E-state index contributed by atoms with van der Waals surface area (Å²) in [6.07, 6.45) is 4.78. The second kappa shape index (κ2) is 13.6. The predicted molar refractivity (Wildman–Crippen MR) is 137 cm³/mol. The van der Waals surface area contributed by atoms with Gasteiger partial charge in [-0.2, -0.15) is 0 Å². The van der Waals surface area contributed by atoms with Crippen LogP contribution in [0.2, 0.25) is 0 Å². The Morgan fingerprint density at radius 1 is 1.19 bits per heavy atom. The average Bonchev–Trinajstić information content (AvgIpc) is 2.70. The molecule has 1 saturated heterocycles. The molecule has 1 aromatic rings. The molecular weight excluding hydrogens is 507 g/mol. The molecule has 31 heavy (non-hydrogen) atoms. The zero-order valence-corrected chi connectivity index (χ0v) is 21.9. The maximum atomic E-state index is 11.6. The van der Waals surface area contributed by atoms with E-state index in [0.29, 0.717) is 19.6 Å². The van der Waals surface area contributed by atoms with Crippen molar-refractivity contribution in [2.45, 2.75) is 59.1 Å². The molecule has 176 valence electrons. The Kier molecular flexibility index (Phi) is 12.0. The number of aliphatic imine (C=N–C) groups is 1. The van der Waals surface area contributed by atoms with Crippen LogP contribution in [0.15, 0.2) is 23.3 Å². The predicted octanol–water partition coefficient (Wildman–Crippen LogP) is 3.52. The highest BCUT2D eigenvalue weighted by Gasteiger charge is 2.17. The third-order valence-corrected chi connectivity index (χ3v) is 4.91. The summed E-state index contributed by atoms with van der Waals surface area (Å²) in [4.78, 5) is 22.8. The number of amides is 1. The number of nitrogens with one attached hydrogen (secondary N) is 3.